The van der Waals surface area contributed by atoms with Crippen LogP contribution < -0.4 is 10.6 Å². The fraction of sp³-hybridized carbons (Fsp3) is 0.650. The van der Waals surface area contributed by atoms with Crippen molar-refractivity contribution in [2.24, 2.45) is 10.9 Å². The van der Waals surface area contributed by atoms with Crippen LogP contribution in [-0.2, 0) is 10.0 Å². The van der Waals surface area contributed by atoms with E-state index in [1.165, 1.54) is 19.3 Å². The zero-order chi connectivity index (χ0) is 19.5. The van der Waals surface area contributed by atoms with E-state index in [4.69, 9.17) is 0 Å². The van der Waals surface area contributed by atoms with Gasteiger partial charge in [0.25, 0.3) is 0 Å². The van der Waals surface area contributed by atoms with Crippen LogP contribution in [0.2, 0.25) is 0 Å². The topological polar surface area (TPSA) is 73.8 Å². The molecule has 6 nitrogen and oxygen atoms in total. The lowest BCUT2D eigenvalue weighted by Crippen LogP contribution is -2.44. The van der Waals surface area contributed by atoms with Crippen LogP contribution in [0.1, 0.15) is 45.4 Å². The third kappa shape index (κ3) is 7.87. The number of unbranched alkanes of at least 4 members (excludes halogenated alkanes) is 3. The molecule has 1 fully saturated rings. The number of hydrogen-bond acceptors (Lipinski definition) is 3. The van der Waals surface area contributed by atoms with Gasteiger partial charge in [-0.05, 0) is 37.3 Å². The number of rotatable bonds is 9. The van der Waals surface area contributed by atoms with Crippen LogP contribution in [-0.4, -0.2) is 51.9 Å². The first-order chi connectivity index (χ1) is 13.1. The highest BCUT2D eigenvalue weighted by Gasteiger charge is 2.29. The molecule has 2 rings (SSSR count). The van der Waals surface area contributed by atoms with Gasteiger partial charge in [0, 0.05) is 33.2 Å². The maximum Gasteiger partial charge on any atom is 0.243 e. The number of sulfonamides is 1. The summed E-state index contributed by atoms with van der Waals surface area (Å²) in [6.07, 6.45) is 6.65. The van der Waals surface area contributed by atoms with Crippen molar-refractivity contribution in [3.63, 3.8) is 0 Å². The van der Waals surface area contributed by atoms with Crippen molar-refractivity contribution < 1.29 is 8.42 Å². The monoisotopic (exact) mass is 522 g/mol. The number of guanidine groups is 1. The van der Waals surface area contributed by atoms with E-state index in [1.807, 2.05) is 6.07 Å². The van der Waals surface area contributed by atoms with E-state index in [1.54, 1.807) is 35.6 Å². The van der Waals surface area contributed by atoms with Gasteiger partial charge in [-0.3, -0.25) is 4.99 Å². The van der Waals surface area contributed by atoms with E-state index in [0.29, 0.717) is 23.9 Å². The van der Waals surface area contributed by atoms with Gasteiger partial charge < -0.3 is 10.6 Å². The number of halogens is 1. The highest BCUT2D eigenvalue weighted by atomic mass is 127. The van der Waals surface area contributed by atoms with Gasteiger partial charge in [-0.15, -0.1) is 24.0 Å². The number of piperidine rings is 1. The third-order valence-corrected chi connectivity index (χ3v) is 6.97. The maximum absolute atomic E-state index is 12.7. The summed E-state index contributed by atoms with van der Waals surface area (Å²) in [5.74, 6) is 1.30. The second-order valence-electron chi connectivity index (χ2n) is 7.10. The van der Waals surface area contributed by atoms with Crippen LogP contribution in [0.5, 0.6) is 0 Å². The summed E-state index contributed by atoms with van der Waals surface area (Å²) >= 11 is 0. The van der Waals surface area contributed by atoms with Crippen molar-refractivity contribution in [1.82, 2.24) is 14.9 Å². The van der Waals surface area contributed by atoms with Crippen LogP contribution in [0.15, 0.2) is 40.2 Å². The standard InChI is InChI=1S/C20H34N4O2S.HI/c1-3-4-5-9-14-22-20(21-2)23-17-18-12-15-24(16-13-18)27(25,26)19-10-7-6-8-11-19;/h6-8,10-11,18H,3-5,9,12-17H2,1-2H3,(H2,21,22,23);1H. The van der Waals surface area contributed by atoms with E-state index in [9.17, 15) is 8.42 Å². The summed E-state index contributed by atoms with van der Waals surface area (Å²) in [5.41, 5.74) is 0. The first-order valence-corrected chi connectivity index (χ1v) is 11.5. The summed E-state index contributed by atoms with van der Waals surface area (Å²) in [4.78, 5) is 4.66. The number of benzene rings is 1. The molecule has 0 amide bonds. The van der Waals surface area contributed by atoms with E-state index < -0.39 is 10.0 Å². The van der Waals surface area contributed by atoms with E-state index in [0.717, 1.165) is 38.3 Å². The molecule has 0 spiro atoms. The molecular formula is C20H35IN4O2S. The van der Waals surface area contributed by atoms with Crippen LogP contribution >= 0.6 is 24.0 Å². The Bertz CT molecular complexity index is 675. The molecule has 0 saturated carbocycles. The van der Waals surface area contributed by atoms with Crippen LogP contribution in [0.25, 0.3) is 0 Å². The van der Waals surface area contributed by atoms with Crippen molar-refractivity contribution in [2.45, 2.75) is 50.3 Å². The molecule has 1 heterocycles. The van der Waals surface area contributed by atoms with Crippen molar-refractivity contribution in [1.29, 1.82) is 0 Å². The Morgan fingerprint density at radius 2 is 1.79 bits per heavy atom. The number of nitrogens with one attached hydrogen (secondary N) is 2. The molecule has 0 aromatic heterocycles. The zero-order valence-corrected chi connectivity index (χ0v) is 20.2. The number of hydrogen-bond donors (Lipinski definition) is 2. The van der Waals surface area contributed by atoms with E-state index in [2.05, 4.69) is 22.5 Å². The lowest BCUT2D eigenvalue weighted by atomic mass is 9.98. The molecule has 160 valence electrons. The summed E-state index contributed by atoms with van der Waals surface area (Å²) in [6.45, 7) is 5.13. The van der Waals surface area contributed by atoms with Gasteiger partial charge in [0.05, 0.1) is 4.90 Å². The maximum atomic E-state index is 12.7. The second kappa shape index (κ2) is 13.4. The predicted molar refractivity (Wildman–Crippen MR) is 127 cm³/mol. The summed E-state index contributed by atoms with van der Waals surface area (Å²) in [5, 5.41) is 6.74. The van der Waals surface area contributed by atoms with Crippen molar-refractivity contribution in [3.8, 4) is 0 Å². The third-order valence-electron chi connectivity index (χ3n) is 5.06. The van der Waals surface area contributed by atoms with E-state index >= 15 is 0 Å². The fourth-order valence-electron chi connectivity index (χ4n) is 3.32. The highest BCUT2D eigenvalue weighted by molar-refractivity contribution is 14.0. The fourth-order valence-corrected chi connectivity index (χ4v) is 4.81. The average Bonchev–Trinajstić information content (AvgIpc) is 2.71. The first-order valence-electron chi connectivity index (χ1n) is 10.1. The Hall–Kier alpha value is -0.870. The Balaban J connectivity index is 0.00000392. The van der Waals surface area contributed by atoms with Crippen LogP contribution in [0.3, 0.4) is 0 Å². The SMILES string of the molecule is CCCCCCNC(=NC)NCC1CCN(S(=O)(=O)c2ccccc2)CC1.I. The largest absolute Gasteiger partial charge is 0.356 e. The van der Waals surface area contributed by atoms with Crippen LogP contribution in [0.4, 0.5) is 0 Å². The Labute approximate surface area is 187 Å². The molecule has 2 N–H and O–H groups in total. The molecule has 0 atom stereocenters. The smallest absolute Gasteiger partial charge is 0.243 e. The predicted octanol–water partition coefficient (Wildman–Crippen LogP) is 3.45. The minimum Gasteiger partial charge on any atom is -0.356 e. The van der Waals surface area contributed by atoms with Gasteiger partial charge in [0.15, 0.2) is 5.96 Å². The minimum absolute atomic E-state index is 0. The molecule has 1 saturated heterocycles. The summed E-state index contributed by atoms with van der Waals surface area (Å²) < 4.78 is 27.0. The molecule has 1 aromatic rings. The highest BCUT2D eigenvalue weighted by Crippen LogP contribution is 2.23. The van der Waals surface area contributed by atoms with Gasteiger partial charge in [-0.2, -0.15) is 4.31 Å². The Morgan fingerprint density at radius 1 is 1.11 bits per heavy atom. The van der Waals surface area contributed by atoms with Crippen LogP contribution in [0, 0.1) is 5.92 Å². The lowest BCUT2D eigenvalue weighted by Gasteiger charge is -2.31. The number of aliphatic imine (C=N–C) groups is 1. The van der Waals surface area contributed by atoms with Gasteiger partial charge in [-0.1, -0.05) is 44.4 Å². The molecular weight excluding hydrogens is 487 g/mol. The van der Waals surface area contributed by atoms with Crippen molar-refractivity contribution in [3.05, 3.63) is 30.3 Å². The minimum atomic E-state index is -3.36. The molecule has 28 heavy (non-hydrogen) atoms. The van der Waals surface area contributed by atoms with Gasteiger partial charge in [-0.25, -0.2) is 8.42 Å². The molecule has 0 radical (unpaired) electrons. The summed E-state index contributed by atoms with van der Waals surface area (Å²) in [6, 6.07) is 8.70. The second-order valence-corrected chi connectivity index (χ2v) is 9.04. The normalized spacial score (nSPS) is 16.4. The Kier molecular flexibility index (Phi) is 12.0. The average molecular weight is 522 g/mol. The number of nitrogens with zero attached hydrogens (tertiary/aromatic N) is 2. The molecule has 0 bridgehead atoms. The lowest BCUT2D eigenvalue weighted by molar-refractivity contribution is 0.273. The molecule has 0 aliphatic carbocycles. The van der Waals surface area contributed by atoms with Gasteiger partial charge >= 0.3 is 0 Å². The first kappa shape index (κ1) is 25.2. The Morgan fingerprint density at radius 3 is 2.39 bits per heavy atom. The van der Waals surface area contributed by atoms with Gasteiger partial charge in [0.2, 0.25) is 10.0 Å². The molecule has 8 heteroatoms. The molecule has 1 aliphatic heterocycles. The van der Waals surface area contributed by atoms with E-state index in [-0.39, 0.29) is 24.0 Å². The summed E-state index contributed by atoms with van der Waals surface area (Å²) in [7, 11) is -1.58. The quantitative estimate of drug-likeness (QED) is 0.226. The zero-order valence-electron chi connectivity index (χ0n) is 17.1. The molecule has 1 aliphatic rings. The molecule has 0 unspecified atom stereocenters. The van der Waals surface area contributed by atoms with Gasteiger partial charge in [0.1, 0.15) is 0 Å². The molecule has 1 aromatic carbocycles. The van der Waals surface area contributed by atoms with Crippen molar-refractivity contribution >= 4 is 40.0 Å². The van der Waals surface area contributed by atoms with Crippen molar-refractivity contribution in [2.75, 3.05) is 33.2 Å².